The number of aromatic nitrogens is 5. The van der Waals surface area contributed by atoms with E-state index in [0.29, 0.717) is 34.6 Å². The molecule has 0 aliphatic carbocycles. The predicted octanol–water partition coefficient (Wildman–Crippen LogP) is 5.47. The van der Waals surface area contributed by atoms with Crippen molar-refractivity contribution in [3.05, 3.63) is 84.9 Å². The summed E-state index contributed by atoms with van der Waals surface area (Å²) in [5.74, 6) is -0.392. The fraction of sp³-hybridized carbons (Fsp3) is 0.103. The molecule has 4 aromatic heterocycles. The van der Waals surface area contributed by atoms with Crippen molar-refractivity contribution in [2.24, 2.45) is 0 Å². The maximum absolute atomic E-state index is 14.6. The van der Waals surface area contributed by atoms with Crippen LogP contribution < -0.4 is 5.32 Å². The molecule has 0 aliphatic rings. The fourth-order valence-corrected chi connectivity index (χ4v) is 4.56. The molecular formula is C29H24FN7O. The fourth-order valence-electron chi connectivity index (χ4n) is 4.56. The average Bonchev–Trinajstić information content (AvgIpc) is 3.52. The summed E-state index contributed by atoms with van der Waals surface area (Å²) in [7, 11) is 3.70. The van der Waals surface area contributed by atoms with Crippen LogP contribution in [0.1, 0.15) is 0 Å². The van der Waals surface area contributed by atoms with Crippen molar-refractivity contribution in [3.8, 4) is 33.8 Å². The van der Waals surface area contributed by atoms with E-state index in [1.807, 2.05) is 61.5 Å². The number of carbonyl (C=O) groups is 1. The van der Waals surface area contributed by atoms with Crippen LogP contribution in [-0.4, -0.2) is 56.6 Å². The number of hydrogen-bond donors (Lipinski definition) is 3. The van der Waals surface area contributed by atoms with Crippen molar-refractivity contribution >= 4 is 33.5 Å². The molecule has 3 N–H and O–H groups in total. The molecule has 188 valence electrons. The van der Waals surface area contributed by atoms with Gasteiger partial charge in [0.1, 0.15) is 17.0 Å². The van der Waals surface area contributed by atoms with Gasteiger partial charge in [-0.25, -0.2) is 9.37 Å². The lowest BCUT2D eigenvalue weighted by atomic mass is 10.0. The number of H-pyrrole nitrogens is 2. The van der Waals surface area contributed by atoms with Crippen LogP contribution in [0.2, 0.25) is 0 Å². The zero-order valence-electron chi connectivity index (χ0n) is 20.8. The number of nitrogens with zero attached hydrogens (tertiary/aromatic N) is 4. The molecule has 0 unspecified atom stereocenters. The van der Waals surface area contributed by atoms with Crippen molar-refractivity contribution < 1.29 is 9.18 Å². The Bertz CT molecular complexity index is 1800. The van der Waals surface area contributed by atoms with Crippen molar-refractivity contribution in [2.45, 2.75) is 0 Å². The molecule has 1 amide bonds. The number of benzene rings is 2. The standard InChI is InChI=1S/C29H24FN7O/c1-37(2)16-27(38)32-18-7-5-6-17(12-18)23-10-11-24-28(34-23)29(36-35-24)25-13-20-21(14-31-15-26(20)33-25)19-8-3-4-9-22(19)30/h3-15,33H,16H2,1-2H3,(H,32,38)(H,35,36). The molecule has 38 heavy (non-hydrogen) atoms. The van der Waals surface area contributed by atoms with Gasteiger partial charge in [-0.3, -0.25) is 14.9 Å². The Balaban J connectivity index is 1.39. The van der Waals surface area contributed by atoms with Crippen LogP contribution in [0, 0.1) is 5.82 Å². The summed E-state index contributed by atoms with van der Waals surface area (Å²) >= 11 is 0. The number of nitrogens with one attached hydrogen (secondary N) is 3. The van der Waals surface area contributed by atoms with Crippen LogP contribution >= 0.6 is 0 Å². The van der Waals surface area contributed by atoms with Crippen molar-refractivity contribution in [1.82, 2.24) is 30.0 Å². The Kier molecular flexibility index (Phi) is 5.89. The molecule has 8 nitrogen and oxygen atoms in total. The minimum absolute atomic E-state index is 0.0873. The van der Waals surface area contributed by atoms with Gasteiger partial charge in [-0.2, -0.15) is 5.10 Å². The summed E-state index contributed by atoms with van der Waals surface area (Å²) in [5.41, 5.74) is 7.13. The monoisotopic (exact) mass is 505 g/mol. The Hall–Kier alpha value is -4.89. The van der Waals surface area contributed by atoms with E-state index in [1.54, 1.807) is 30.6 Å². The second kappa shape index (κ2) is 9.53. The number of rotatable bonds is 6. The van der Waals surface area contributed by atoms with E-state index < -0.39 is 0 Å². The van der Waals surface area contributed by atoms with E-state index in [4.69, 9.17) is 4.98 Å². The second-order valence-corrected chi connectivity index (χ2v) is 9.34. The number of pyridine rings is 2. The van der Waals surface area contributed by atoms with Gasteiger partial charge in [0.25, 0.3) is 0 Å². The Morgan fingerprint density at radius 1 is 0.974 bits per heavy atom. The van der Waals surface area contributed by atoms with Gasteiger partial charge in [-0.15, -0.1) is 0 Å². The Labute approximate surface area is 217 Å². The van der Waals surface area contributed by atoms with Crippen LogP contribution in [0.3, 0.4) is 0 Å². The van der Waals surface area contributed by atoms with Crippen molar-refractivity contribution in [1.29, 1.82) is 0 Å². The molecule has 0 bridgehead atoms. The number of amides is 1. The molecule has 0 radical (unpaired) electrons. The van der Waals surface area contributed by atoms with Gasteiger partial charge in [0.05, 0.1) is 35.2 Å². The van der Waals surface area contributed by atoms with Crippen LogP contribution in [0.5, 0.6) is 0 Å². The summed E-state index contributed by atoms with van der Waals surface area (Å²) in [6.45, 7) is 0.297. The summed E-state index contributed by atoms with van der Waals surface area (Å²) in [5, 5.41) is 11.3. The van der Waals surface area contributed by atoms with Gasteiger partial charge in [-0.1, -0.05) is 30.3 Å². The first-order valence-corrected chi connectivity index (χ1v) is 12.1. The minimum Gasteiger partial charge on any atom is -0.352 e. The first kappa shape index (κ1) is 23.5. The third-order valence-electron chi connectivity index (χ3n) is 6.27. The van der Waals surface area contributed by atoms with E-state index in [2.05, 4.69) is 25.5 Å². The topological polar surface area (TPSA) is 103 Å². The van der Waals surface area contributed by atoms with Crippen LogP contribution in [0.4, 0.5) is 10.1 Å². The lowest BCUT2D eigenvalue weighted by Gasteiger charge is -2.11. The maximum Gasteiger partial charge on any atom is 0.238 e. The molecular weight excluding hydrogens is 481 g/mol. The molecule has 2 aromatic carbocycles. The predicted molar refractivity (Wildman–Crippen MR) is 147 cm³/mol. The highest BCUT2D eigenvalue weighted by molar-refractivity contribution is 6.00. The van der Waals surface area contributed by atoms with Crippen LogP contribution in [0.25, 0.3) is 55.7 Å². The maximum atomic E-state index is 14.6. The number of aromatic amines is 2. The first-order valence-electron chi connectivity index (χ1n) is 12.1. The minimum atomic E-state index is -0.304. The van der Waals surface area contributed by atoms with E-state index in [-0.39, 0.29) is 11.7 Å². The second-order valence-electron chi connectivity index (χ2n) is 9.34. The quantitative estimate of drug-likeness (QED) is 0.278. The summed E-state index contributed by atoms with van der Waals surface area (Å²) in [6.07, 6.45) is 3.38. The third kappa shape index (κ3) is 4.39. The van der Waals surface area contributed by atoms with Crippen molar-refractivity contribution in [3.63, 3.8) is 0 Å². The van der Waals surface area contributed by atoms with Crippen LogP contribution in [0.15, 0.2) is 79.1 Å². The molecule has 0 fully saturated rings. The number of anilines is 1. The molecule has 9 heteroatoms. The Morgan fingerprint density at radius 3 is 2.68 bits per heavy atom. The van der Waals surface area contributed by atoms with Gasteiger partial charge < -0.3 is 15.2 Å². The SMILES string of the molecule is CN(C)CC(=O)Nc1cccc(-c2ccc3[nH]nc(-c4cc5c(-c6ccccc6F)cncc5[nH]4)c3n2)c1. The highest BCUT2D eigenvalue weighted by Crippen LogP contribution is 2.34. The zero-order valence-corrected chi connectivity index (χ0v) is 20.8. The largest absolute Gasteiger partial charge is 0.352 e. The van der Waals surface area contributed by atoms with Crippen LogP contribution in [-0.2, 0) is 4.79 Å². The summed E-state index contributed by atoms with van der Waals surface area (Å²) in [4.78, 5) is 26.6. The Morgan fingerprint density at radius 2 is 1.84 bits per heavy atom. The highest BCUT2D eigenvalue weighted by Gasteiger charge is 2.17. The molecule has 0 spiro atoms. The average molecular weight is 506 g/mol. The number of halogens is 1. The van der Waals surface area contributed by atoms with Gasteiger partial charge >= 0.3 is 0 Å². The number of hydrogen-bond acceptors (Lipinski definition) is 5. The van der Waals surface area contributed by atoms with E-state index in [9.17, 15) is 9.18 Å². The smallest absolute Gasteiger partial charge is 0.238 e. The molecule has 0 atom stereocenters. The normalized spacial score (nSPS) is 11.5. The molecule has 0 saturated heterocycles. The number of carbonyl (C=O) groups excluding carboxylic acids is 1. The lowest BCUT2D eigenvalue weighted by molar-refractivity contribution is -0.116. The highest BCUT2D eigenvalue weighted by atomic mass is 19.1. The van der Waals surface area contributed by atoms with E-state index in [1.165, 1.54) is 6.07 Å². The molecule has 4 heterocycles. The zero-order chi connectivity index (χ0) is 26.2. The molecule has 6 aromatic rings. The van der Waals surface area contributed by atoms with Gasteiger partial charge in [0, 0.05) is 34.0 Å². The molecule has 6 rings (SSSR count). The molecule has 0 aliphatic heterocycles. The summed E-state index contributed by atoms with van der Waals surface area (Å²) in [6, 6.07) is 20.0. The van der Waals surface area contributed by atoms with Gasteiger partial charge in [-0.05, 0) is 50.5 Å². The van der Waals surface area contributed by atoms with Gasteiger partial charge in [0.15, 0.2) is 0 Å². The van der Waals surface area contributed by atoms with Crippen molar-refractivity contribution in [2.75, 3.05) is 26.0 Å². The number of fused-ring (bicyclic) bond motifs is 2. The molecule has 0 saturated carbocycles. The summed E-state index contributed by atoms with van der Waals surface area (Å²) < 4.78 is 14.6. The third-order valence-corrected chi connectivity index (χ3v) is 6.27. The van der Waals surface area contributed by atoms with E-state index in [0.717, 1.165) is 33.4 Å². The first-order chi connectivity index (χ1) is 18.5. The number of likely N-dealkylation sites (N-methyl/N-ethyl adjacent to an activating group) is 1. The van der Waals surface area contributed by atoms with E-state index >= 15 is 0 Å². The van der Waals surface area contributed by atoms with Gasteiger partial charge in [0.2, 0.25) is 5.91 Å². The lowest BCUT2D eigenvalue weighted by Crippen LogP contribution is -2.27.